The van der Waals surface area contributed by atoms with Crippen molar-refractivity contribution in [2.45, 2.75) is 11.8 Å². The van der Waals surface area contributed by atoms with Crippen LogP contribution in [0, 0.1) is 18.6 Å². The third-order valence-corrected chi connectivity index (χ3v) is 4.35. The quantitative estimate of drug-likeness (QED) is 0.946. The molecular formula is C12H9ClF2N2O2S. The first-order chi connectivity index (χ1) is 9.31. The number of nitrogens with zero attached hydrogens (tertiary/aromatic N) is 1. The summed E-state index contributed by atoms with van der Waals surface area (Å²) in [6.45, 7) is 1.40. The number of hydrogen-bond donors (Lipinski definition) is 1. The van der Waals surface area contributed by atoms with Gasteiger partial charge in [0.15, 0.2) is 5.82 Å². The first-order valence-electron chi connectivity index (χ1n) is 5.39. The van der Waals surface area contributed by atoms with Crippen LogP contribution in [0.4, 0.5) is 14.5 Å². The van der Waals surface area contributed by atoms with Gasteiger partial charge in [-0.15, -0.1) is 0 Å². The molecule has 0 atom stereocenters. The Morgan fingerprint density at radius 2 is 1.95 bits per heavy atom. The second-order valence-electron chi connectivity index (χ2n) is 3.99. The van der Waals surface area contributed by atoms with E-state index in [0.717, 1.165) is 24.4 Å². The summed E-state index contributed by atoms with van der Waals surface area (Å²) in [5.41, 5.74) is -0.150. The molecule has 0 unspecified atom stereocenters. The maximum Gasteiger partial charge on any atom is 0.263 e. The Morgan fingerprint density at radius 1 is 1.25 bits per heavy atom. The summed E-state index contributed by atoms with van der Waals surface area (Å²) in [7, 11) is -4.12. The van der Waals surface area contributed by atoms with E-state index in [9.17, 15) is 17.2 Å². The Hall–Kier alpha value is -1.73. The maximum absolute atomic E-state index is 13.4. The van der Waals surface area contributed by atoms with Gasteiger partial charge in [-0.1, -0.05) is 11.6 Å². The number of aromatic nitrogens is 1. The SMILES string of the molecule is Cc1cc(S(=O)(=O)Nc2ccncc2F)c(Cl)cc1F. The largest absolute Gasteiger partial charge is 0.276 e. The molecule has 1 aromatic heterocycles. The van der Waals surface area contributed by atoms with Crippen molar-refractivity contribution in [1.29, 1.82) is 0 Å². The molecule has 2 aromatic rings. The summed E-state index contributed by atoms with van der Waals surface area (Å²) in [5.74, 6) is -1.45. The van der Waals surface area contributed by atoms with Gasteiger partial charge in [0.25, 0.3) is 10.0 Å². The lowest BCUT2D eigenvalue weighted by Gasteiger charge is -2.11. The number of pyridine rings is 1. The summed E-state index contributed by atoms with van der Waals surface area (Å²) in [5, 5.41) is -0.282. The van der Waals surface area contributed by atoms with Gasteiger partial charge < -0.3 is 0 Å². The maximum atomic E-state index is 13.4. The number of benzene rings is 1. The van der Waals surface area contributed by atoms with Crippen LogP contribution in [-0.2, 0) is 10.0 Å². The molecule has 0 aliphatic heterocycles. The van der Waals surface area contributed by atoms with E-state index in [1.165, 1.54) is 13.1 Å². The van der Waals surface area contributed by atoms with Crippen LogP contribution < -0.4 is 4.72 Å². The third kappa shape index (κ3) is 2.88. The number of nitrogens with one attached hydrogen (secondary N) is 1. The van der Waals surface area contributed by atoms with Gasteiger partial charge in [-0.2, -0.15) is 0 Å². The number of aryl methyl sites for hydroxylation is 1. The van der Waals surface area contributed by atoms with Gasteiger partial charge >= 0.3 is 0 Å². The van der Waals surface area contributed by atoms with E-state index in [4.69, 9.17) is 11.6 Å². The fourth-order valence-electron chi connectivity index (χ4n) is 1.49. The van der Waals surface area contributed by atoms with Crippen LogP contribution in [0.2, 0.25) is 5.02 Å². The first kappa shape index (κ1) is 14.7. The van der Waals surface area contributed by atoms with Gasteiger partial charge in [-0.05, 0) is 30.7 Å². The second kappa shape index (κ2) is 5.34. The summed E-state index contributed by atoms with van der Waals surface area (Å²) < 4.78 is 53.0. The van der Waals surface area contributed by atoms with Gasteiger partial charge in [0, 0.05) is 6.20 Å². The molecule has 4 nitrogen and oxygen atoms in total. The van der Waals surface area contributed by atoms with E-state index in [1.54, 1.807) is 0 Å². The lowest BCUT2D eigenvalue weighted by atomic mass is 10.2. The molecule has 106 valence electrons. The Balaban J connectivity index is 2.47. The molecule has 1 aromatic carbocycles. The van der Waals surface area contributed by atoms with Gasteiger partial charge in [-0.3, -0.25) is 9.71 Å². The molecule has 0 saturated heterocycles. The van der Waals surface area contributed by atoms with Crippen LogP contribution in [0.15, 0.2) is 35.5 Å². The van der Waals surface area contributed by atoms with Crippen molar-refractivity contribution < 1.29 is 17.2 Å². The first-order valence-corrected chi connectivity index (χ1v) is 7.25. The number of sulfonamides is 1. The highest BCUT2D eigenvalue weighted by Crippen LogP contribution is 2.27. The fraction of sp³-hybridized carbons (Fsp3) is 0.0833. The molecule has 0 fully saturated rings. The standard InChI is InChI=1S/C12H9ClF2N2O2S/c1-7-4-12(8(13)5-9(7)14)20(18,19)17-11-2-3-16-6-10(11)15/h2-6H,1H3,(H,16,17). The zero-order valence-electron chi connectivity index (χ0n) is 10.2. The topological polar surface area (TPSA) is 59.1 Å². The van der Waals surface area contributed by atoms with Gasteiger partial charge in [0.05, 0.1) is 16.9 Å². The summed E-state index contributed by atoms with van der Waals surface area (Å²) in [6, 6.07) is 3.14. The highest BCUT2D eigenvalue weighted by Gasteiger charge is 2.21. The molecule has 0 bridgehead atoms. The fourth-order valence-corrected chi connectivity index (χ4v) is 3.16. The predicted octanol–water partition coefficient (Wildman–Crippen LogP) is 3.12. The smallest absolute Gasteiger partial charge is 0.263 e. The Labute approximate surface area is 119 Å². The van der Waals surface area contributed by atoms with Crippen LogP contribution in [0.5, 0.6) is 0 Å². The molecule has 1 N–H and O–H groups in total. The van der Waals surface area contributed by atoms with Crippen molar-refractivity contribution in [3.63, 3.8) is 0 Å². The number of rotatable bonds is 3. The minimum Gasteiger partial charge on any atom is -0.276 e. The van der Waals surface area contributed by atoms with Crippen molar-refractivity contribution in [3.8, 4) is 0 Å². The second-order valence-corrected chi connectivity index (χ2v) is 6.05. The molecular weight excluding hydrogens is 310 g/mol. The highest BCUT2D eigenvalue weighted by molar-refractivity contribution is 7.92. The lowest BCUT2D eigenvalue weighted by molar-refractivity contribution is 0.595. The number of anilines is 1. The van der Waals surface area contributed by atoms with Crippen molar-refractivity contribution >= 4 is 27.3 Å². The average Bonchev–Trinajstić information content (AvgIpc) is 2.36. The van der Waals surface area contributed by atoms with Crippen LogP contribution in [0.1, 0.15) is 5.56 Å². The van der Waals surface area contributed by atoms with Crippen molar-refractivity contribution in [2.24, 2.45) is 0 Å². The predicted molar refractivity (Wildman–Crippen MR) is 71.2 cm³/mol. The normalized spacial score (nSPS) is 11.4. The van der Waals surface area contributed by atoms with Crippen LogP contribution in [0.3, 0.4) is 0 Å². The summed E-state index contributed by atoms with van der Waals surface area (Å²) >= 11 is 5.73. The molecule has 20 heavy (non-hydrogen) atoms. The van der Waals surface area contributed by atoms with E-state index in [1.807, 2.05) is 4.72 Å². The van der Waals surface area contributed by atoms with Crippen LogP contribution in [-0.4, -0.2) is 13.4 Å². The molecule has 0 aliphatic carbocycles. The Bertz CT molecular complexity index is 766. The Morgan fingerprint density at radius 3 is 2.60 bits per heavy atom. The van der Waals surface area contributed by atoms with E-state index in [0.29, 0.717) is 0 Å². The zero-order valence-corrected chi connectivity index (χ0v) is 11.8. The molecule has 0 radical (unpaired) electrons. The van der Waals surface area contributed by atoms with Crippen molar-refractivity contribution in [2.75, 3.05) is 4.72 Å². The zero-order chi connectivity index (χ0) is 14.9. The van der Waals surface area contributed by atoms with E-state index in [2.05, 4.69) is 4.98 Å². The summed E-state index contributed by atoms with van der Waals surface area (Å²) in [4.78, 5) is 3.18. The van der Waals surface area contributed by atoms with E-state index < -0.39 is 21.7 Å². The van der Waals surface area contributed by atoms with Crippen LogP contribution in [0.25, 0.3) is 0 Å². The molecule has 0 amide bonds. The van der Waals surface area contributed by atoms with Crippen molar-refractivity contribution in [1.82, 2.24) is 4.98 Å². The monoisotopic (exact) mass is 318 g/mol. The van der Waals surface area contributed by atoms with Gasteiger partial charge in [0.1, 0.15) is 10.7 Å². The van der Waals surface area contributed by atoms with Crippen LogP contribution >= 0.6 is 11.6 Å². The van der Waals surface area contributed by atoms with Gasteiger partial charge in [-0.25, -0.2) is 17.2 Å². The lowest BCUT2D eigenvalue weighted by Crippen LogP contribution is -2.15. The molecule has 8 heteroatoms. The third-order valence-electron chi connectivity index (χ3n) is 2.52. The van der Waals surface area contributed by atoms with E-state index >= 15 is 0 Å². The van der Waals surface area contributed by atoms with Crippen molar-refractivity contribution in [3.05, 3.63) is 52.8 Å². The molecule has 0 aliphatic rings. The van der Waals surface area contributed by atoms with E-state index in [-0.39, 0.29) is 21.2 Å². The summed E-state index contributed by atoms with van der Waals surface area (Å²) in [6.07, 6.45) is 2.10. The molecule has 0 saturated carbocycles. The van der Waals surface area contributed by atoms with Gasteiger partial charge in [0.2, 0.25) is 0 Å². The minimum absolute atomic E-state index is 0.116. The molecule has 0 spiro atoms. The highest BCUT2D eigenvalue weighted by atomic mass is 35.5. The average molecular weight is 319 g/mol. The number of hydrogen-bond acceptors (Lipinski definition) is 3. The number of halogens is 3. The molecule has 1 heterocycles. The Kier molecular flexibility index (Phi) is 3.92. The minimum atomic E-state index is -4.12. The molecule has 2 rings (SSSR count).